The first kappa shape index (κ1) is 43.1. The Bertz CT molecular complexity index is 1650. The van der Waals surface area contributed by atoms with Crippen molar-refractivity contribution in [2.24, 2.45) is 5.92 Å². The summed E-state index contributed by atoms with van der Waals surface area (Å²) >= 11 is 0. The third-order valence-corrected chi connectivity index (χ3v) is 10.4. The fourth-order valence-electron chi connectivity index (χ4n) is 7.45. The molecule has 2 fully saturated rings. The minimum Gasteiger partial charge on any atom is -0.479 e. The van der Waals surface area contributed by atoms with Crippen LogP contribution in [0.25, 0.3) is 6.08 Å². The normalized spacial score (nSPS) is 26.9. The van der Waals surface area contributed by atoms with Crippen molar-refractivity contribution in [2.75, 3.05) is 0 Å². The van der Waals surface area contributed by atoms with Crippen molar-refractivity contribution in [1.29, 1.82) is 0 Å². The molecule has 0 spiro atoms. The SMILES string of the molecule is CC(=O)OC(CCC[C@@]12O[C@@H](C(=O)O)[C@@](O)(C(=O)O)[C@](C(=O)O)(O1)[C@@H](OC(=O)CCCCCCCCc1ccccc1)[C@@H]2O)C(C)C/C=C/c1ccccc1. The van der Waals surface area contributed by atoms with Crippen LogP contribution in [0, 0.1) is 5.92 Å². The van der Waals surface area contributed by atoms with Crippen molar-refractivity contribution in [3.8, 4) is 0 Å². The van der Waals surface area contributed by atoms with E-state index in [0.717, 1.165) is 37.7 Å². The Hall–Kier alpha value is -4.63. The number of allylic oxidation sites excluding steroid dienone is 1. The molecule has 2 aromatic carbocycles. The van der Waals surface area contributed by atoms with Crippen molar-refractivity contribution in [3.05, 3.63) is 77.9 Å². The summed E-state index contributed by atoms with van der Waals surface area (Å²) in [4.78, 5) is 63.2. The Kier molecular flexibility index (Phi) is 15.1. The molecule has 2 aromatic rings. The summed E-state index contributed by atoms with van der Waals surface area (Å²) in [5, 5.41) is 53.7. The molecule has 14 nitrogen and oxygen atoms in total. The molecule has 0 radical (unpaired) electrons. The molecule has 14 heteroatoms. The fourth-order valence-corrected chi connectivity index (χ4v) is 7.45. The number of carboxylic acids is 3. The zero-order valence-electron chi connectivity index (χ0n) is 31.2. The summed E-state index contributed by atoms with van der Waals surface area (Å²) in [5.74, 6) is -10.9. The van der Waals surface area contributed by atoms with Gasteiger partial charge in [-0.1, -0.05) is 105 Å². The minimum atomic E-state index is -3.85. The van der Waals surface area contributed by atoms with Crippen LogP contribution in [0.15, 0.2) is 66.7 Å². The first-order valence-electron chi connectivity index (χ1n) is 18.8. The van der Waals surface area contributed by atoms with Crippen molar-refractivity contribution in [2.45, 2.75) is 132 Å². The largest absolute Gasteiger partial charge is 0.479 e. The molecule has 300 valence electrons. The maximum Gasteiger partial charge on any atom is 0.344 e. The average Bonchev–Trinajstić information content (AvgIpc) is 3.36. The first-order chi connectivity index (χ1) is 26.2. The van der Waals surface area contributed by atoms with Crippen molar-refractivity contribution >= 4 is 35.9 Å². The third kappa shape index (κ3) is 9.98. The second-order valence-electron chi connectivity index (χ2n) is 14.4. The highest BCUT2D eigenvalue weighted by Gasteiger charge is 2.85. The van der Waals surface area contributed by atoms with Gasteiger partial charge in [-0.2, -0.15) is 0 Å². The summed E-state index contributed by atoms with van der Waals surface area (Å²) in [6.45, 7) is 3.09. The van der Waals surface area contributed by atoms with Gasteiger partial charge < -0.3 is 44.5 Å². The number of unbranched alkanes of at least 4 members (excludes halogenated alkanes) is 5. The Morgan fingerprint density at radius 3 is 2.07 bits per heavy atom. The highest BCUT2D eigenvalue weighted by molar-refractivity contribution is 5.98. The van der Waals surface area contributed by atoms with Crippen LogP contribution in [0.3, 0.4) is 0 Å². The zero-order valence-corrected chi connectivity index (χ0v) is 31.2. The molecule has 2 saturated heterocycles. The molecule has 0 aromatic heterocycles. The standard InChI is InChI=1S/C41H52O14/c1-27(17-15-23-30-21-12-8-13-22-30)31(52-28(2)42)24-16-26-39-33(44)34(41(55-39,38(49)50)40(51,37(47)48)35(54-39)36(45)46)53-32(43)25-14-6-4-3-5-9-18-29-19-10-7-11-20-29/h7-8,10-13,15,19-23,27,31,33-35,44,51H,3-6,9,14,16-18,24-26H2,1-2H3,(H,45,46)(H,47,48)(H,49,50)/b23-15+/t27?,31?,33-,34-,35-,39+,40+,41-/m0/s1. The number of hydrogen-bond donors (Lipinski definition) is 5. The number of carbonyl (C=O) groups excluding carboxylic acids is 2. The van der Waals surface area contributed by atoms with Gasteiger partial charge in [0.05, 0.1) is 0 Å². The van der Waals surface area contributed by atoms with Crippen LogP contribution in [0.1, 0.15) is 95.6 Å². The molecular weight excluding hydrogens is 716 g/mol. The number of benzene rings is 2. The number of fused-ring (bicyclic) bond motifs is 2. The molecule has 0 amide bonds. The highest BCUT2D eigenvalue weighted by atomic mass is 16.8. The van der Waals surface area contributed by atoms with Gasteiger partial charge in [0.1, 0.15) is 12.2 Å². The number of aliphatic hydroxyl groups excluding tert-OH is 1. The van der Waals surface area contributed by atoms with Gasteiger partial charge in [-0.25, -0.2) is 14.4 Å². The Morgan fingerprint density at radius 1 is 0.855 bits per heavy atom. The lowest BCUT2D eigenvalue weighted by molar-refractivity contribution is -0.374. The smallest absolute Gasteiger partial charge is 0.344 e. The molecule has 2 aliphatic rings. The zero-order chi connectivity index (χ0) is 40.2. The number of esters is 2. The van der Waals surface area contributed by atoms with Crippen molar-refractivity contribution in [3.63, 3.8) is 0 Å². The van der Waals surface area contributed by atoms with Gasteiger partial charge >= 0.3 is 29.8 Å². The van der Waals surface area contributed by atoms with Crippen LogP contribution in [0.2, 0.25) is 0 Å². The third-order valence-electron chi connectivity index (χ3n) is 10.4. The Balaban J connectivity index is 1.46. The molecule has 2 unspecified atom stereocenters. The lowest BCUT2D eigenvalue weighted by atomic mass is 9.74. The number of aliphatic hydroxyl groups is 2. The molecular formula is C41H52O14. The van der Waals surface area contributed by atoms with Crippen molar-refractivity contribution in [1.82, 2.24) is 0 Å². The fraction of sp³-hybridized carbons (Fsp3) is 0.537. The molecule has 55 heavy (non-hydrogen) atoms. The van der Waals surface area contributed by atoms with Gasteiger partial charge in [-0.15, -0.1) is 0 Å². The number of aliphatic carboxylic acids is 3. The quantitative estimate of drug-likeness (QED) is 0.0792. The maximum absolute atomic E-state index is 13.1. The van der Waals surface area contributed by atoms with Crippen molar-refractivity contribution < 1.29 is 68.5 Å². The minimum absolute atomic E-state index is 0.0265. The molecule has 2 aliphatic heterocycles. The Morgan fingerprint density at radius 2 is 1.47 bits per heavy atom. The second-order valence-corrected chi connectivity index (χ2v) is 14.4. The van der Waals surface area contributed by atoms with Gasteiger partial charge in [-0.05, 0) is 55.6 Å². The van der Waals surface area contributed by atoms with Gasteiger partial charge in [0, 0.05) is 19.8 Å². The van der Waals surface area contributed by atoms with E-state index < -0.39 is 77.7 Å². The van der Waals surface area contributed by atoms with E-state index in [0.29, 0.717) is 19.3 Å². The Labute approximate surface area is 320 Å². The molecule has 0 saturated carbocycles. The van der Waals surface area contributed by atoms with Crippen LogP contribution >= 0.6 is 0 Å². The highest BCUT2D eigenvalue weighted by Crippen LogP contribution is 2.55. The number of carbonyl (C=O) groups is 5. The molecule has 0 aliphatic carbocycles. The lowest BCUT2D eigenvalue weighted by Gasteiger charge is -2.48. The summed E-state index contributed by atoms with van der Waals surface area (Å²) in [5.41, 5.74) is -5.11. The topological polar surface area (TPSA) is 223 Å². The summed E-state index contributed by atoms with van der Waals surface area (Å²) in [7, 11) is 0. The summed E-state index contributed by atoms with van der Waals surface area (Å²) in [6.07, 6.45) is 1.28. The van der Waals surface area contributed by atoms with Gasteiger partial charge in [0.25, 0.3) is 0 Å². The van der Waals surface area contributed by atoms with Gasteiger partial charge in [-0.3, -0.25) is 9.59 Å². The number of ether oxygens (including phenoxy) is 4. The summed E-state index contributed by atoms with van der Waals surface area (Å²) < 4.78 is 22.2. The maximum atomic E-state index is 13.1. The monoisotopic (exact) mass is 768 g/mol. The number of hydrogen-bond acceptors (Lipinski definition) is 11. The number of rotatable bonds is 22. The first-order valence-corrected chi connectivity index (χ1v) is 18.8. The predicted octanol–water partition coefficient (Wildman–Crippen LogP) is 4.92. The lowest BCUT2D eigenvalue weighted by Crippen LogP contribution is -2.78. The van der Waals surface area contributed by atoms with E-state index in [-0.39, 0.29) is 25.2 Å². The predicted molar refractivity (Wildman–Crippen MR) is 196 cm³/mol. The number of carboxylic acid groups (broad SMARTS) is 3. The van der Waals surface area contributed by atoms with E-state index in [9.17, 15) is 49.5 Å². The molecule has 2 bridgehead atoms. The van der Waals surface area contributed by atoms with E-state index >= 15 is 0 Å². The van der Waals surface area contributed by atoms with E-state index in [1.165, 1.54) is 12.5 Å². The van der Waals surface area contributed by atoms with E-state index in [1.807, 2.05) is 67.6 Å². The molecule has 4 rings (SSSR count). The summed E-state index contributed by atoms with van der Waals surface area (Å²) in [6, 6.07) is 19.6. The molecule has 5 N–H and O–H groups in total. The second kappa shape index (κ2) is 19.3. The van der Waals surface area contributed by atoms with Gasteiger partial charge in [0.2, 0.25) is 23.1 Å². The van der Waals surface area contributed by atoms with Crippen LogP contribution in [0.4, 0.5) is 0 Å². The van der Waals surface area contributed by atoms with Gasteiger partial charge in [0.15, 0.2) is 6.10 Å². The number of aryl methyl sites for hydroxylation is 1. The van der Waals surface area contributed by atoms with E-state index in [4.69, 9.17) is 18.9 Å². The average molecular weight is 769 g/mol. The van der Waals surface area contributed by atoms with Crippen LogP contribution in [-0.4, -0.2) is 96.8 Å². The van der Waals surface area contributed by atoms with E-state index in [1.54, 1.807) is 0 Å². The molecule has 2 heterocycles. The van der Waals surface area contributed by atoms with Crippen LogP contribution in [-0.2, 0) is 49.3 Å². The molecule has 8 atom stereocenters. The van der Waals surface area contributed by atoms with Crippen LogP contribution < -0.4 is 0 Å². The van der Waals surface area contributed by atoms with Crippen LogP contribution in [0.5, 0.6) is 0 Å². The van der Waals surface area contributed by atoms with E-state index in [2.05, 4.69) is 12.1 Å².